The molecule has 0 saturated carbocycles. The molecule has 1 saturated heterocycles. The van der Waals surface area contributed by atoms with E-state index in [9.17, 15) is 0 Å². The van der Waals surface area contributed by atoms with Crippen LogP contribution in [-0.4, -0.2) is 18.3 Å². The molecule has 0 radical (unpaired) electrons. The van der Waals surface area contributed by atoms with Crippen LogP contribution >= 0.6 is 11.3 Å². The summed E-state index contributed by atoms with van der Waals surface area (Å²) in [5.41, 5.74) is 4.73. The second-order valence-corrected chi connectivity index (χ2v) is 12.3. The van der Waals surface area contributed by atoms with Crippen molar-refractivity contribution < 1.29 is 18.6 Å². The van der Waals surface area contributed by atoms with Gasteiger partial charge < -0.3 is 14.2 Å². The van der Waals surface area contributed by atoms with Crippen molar-refractivity contribution in [3.63, 3.8) is 0 Å². The quantitative estimate of drug-likeness (QED) is 0.165. The van der Waals surface area contributed by atoms with Crippen LogP contribution in [0.25, 0.3) is 10.1 Å². The topological polar surface area (TPSA) is 27.7 Å². The second-order valence-electron chi connectivity index (χ2n) is 11.1. The van der Waals surface area contributed by atoms with Gasteiger partial charge in [0, 0.05) is 22.4 Å². The fraction of sp³-hybridized carbons (Fsp3) is 0.297. The number of fused-ring (bicyclic) bond motifs is 1. The van der Waals surface area contributed by atoms with Crippen LogP contribution in [0.1, 0.15) is 58.6 Å². The van der Waals surface area contributed by atoms with Crippen LogP contribution in [0.3, 0.4) is 0 Å². The summed E-state index contributed by atoms with van der Waals surface area (Å²) in [6, 6.07) is 34.6. The summed E-state index contributed by atoms with van der Waals surface area (Å²) in [4.78, 5) is 1.14. The van der Waals surface area contributed by atoms with Gasteiger partial charge >= 0.3 is 0 Å². The summed E-state index contributed by atoms with van der Waals surface area (Å²) in [5, 5.41) is 1.19. The fourth-order valence-electron chi connectivity index (χ4n) is 5.83. The zero-order valence-electron chi connectivity index (χ0n) is 24.2. The van der Waals surface area contributed by atoms with Gasteiger partial charge in [-0.2, -0.15) is 0 Å². The first-order valence-corrected chi connectivity index (χ1v) is 15.6. The Morgan fingerprint density at radius 3 is 2.19 bits per heavy atom. The first-order chi connectivity index (χ1) is 20.6. The molecule has 0 unspecified atom stereocenters. The van der Waals surface area contributed by atoms with Gasteiger partial charge in [0.25, 0.3) is 0 Å². The lowest BCUT2D eigenvalue weighted by Gasteiger charge is -2.42. The number of halogens is 1. The van der Waals surface area contributed by atoms with E-state index < -0.39 is 0 Å². The van der Waals surface area contributed by atoms with E-state index in [0.29, 0.717) is 25.2 Å². The number of aryl methyl sites for hydroxylation is 1. The molecule has 0 amide bonds. The Kier molecular flexibility index (Phi) is 9.11. The number of hydrogen-bond acceptors (Lipinski definition) is 4. The molecule has 1 fully saturated rings. The van der Waals surface area contributed by atoms with Crippen LogP contribution in [0, 0.1) is 12.7 Å². The largest absolute Gasteiger partial charge is 0.371 e. The Morgan fingerprint density at radius 1 is 0.833 bits per heavy atom. The van der Waals surface area contributed by atoms with Crippen molar-refractivity contribution in [3.05, 3.63) is 142 Å². The summed E-state index contributed by atoms with van der Waals surface area (Å²) < 4.78 is 36.7. The van der Waals surface area contributed by atoms with Gasteiger partial charge in [-0.15, -0.1) is 11.3 Å². The summed E-state index contributed by atoms with van der Waals surface area (Å²) >= 11 is 1.72. The average Bonchev–Trinajstić information content (AvgIpc) is 3.44. The minimum absolute atomic E-state index is 0.0165. The van der Waals surface area contributed by atoms with Gasteiger partial charge in [-0.05, 0) is 70.8 Å². The van der Waals surface area contributed by atoms with E-state index in [2.05, 4.69) is 49.4 Å². The molecule has 4 aromatic carbocycles. The fourth-order valence-corrected chi connectivity index (χ4v) is 6.92. The maximum atomic E-state index is 15.4. The zero-order chi connectivity index (χ0) is 28.9. The Bertz CT molecular complexity index is 1570. The van der Waals surface area contributed by atoms with Gasteiger partial charge in [0.15, 0.2) is 0 Å². The molecule has 4 atom stereocenters. The van der Waals surface area contributed by atoms with Gasteiger partial charge in [0.2, 0.25) is 0 Å². The molecule has 42 heavy (non-hydrogen) atoms. The van der Waals surface area contributed by atoms with E-state index >= 15 is 4.39 Å². The van der Waals surface area contributed by atoms with Gasteiger partial charge in [0.05, 0.1) is 25.4 Å². The van der Waals surface area contributed by atoms with E-state index in [4.69, 9.17) is 14.2 Å². The van der Waals surface area contributed by atoms with Gasteiger partial charge in [-0.25, -0.2) is 4.39 Å². The van der Waals surface area contributed by atoms with Gasteiger partial charge in [0.1, 0.15) is 18.0 Å². The van der Waals surface area contributed by atoms with E-state index in [0.717, 1.165) is 40.0 Å². The predicted molar refractivity (Wildman–Crippen MR) is 168 cm³/mol. The molecule has 6 rings (SSSR count). The molecule has 2 heterocycles. The summed E-state index contributed by atoms with van der Waals surface area (Å²) in [6.45, 7) is 5.06. The second kappa shape index (κ2) is 13.3. The van der Waals surface area contributed by atoms with Crippen LogP contribution < -0.4 is 0 Å². The molecule has 0 spiro atoms. The molecule has 5 heteroatoms. The van der Waals surface area contributed by atoms with Crippen LogP contribution in [0.5, 0.6) is 0 Å². The Hall–Kier alpha value is -3.35. The number of rotatable bonds is 10. The molecule has 3 nitrogen and oxygen atoms in total. The summed E-state index contributed by atoms with van der Waals surface area (Å²) in [5.74, 6) is -0.185. The first kappa shape index (κ1) is 28.8. The van der Waals surface area contributed by atoms with Crippen molar-refractivity contribution in [2.45, 2.75) is 70.7 Å². The molecule has 0 aliphatic carbocycles. The highest BCUT2D eigenvalue weighted by Gasteiger charge is 2.41. The van der Waals surface area contributed by atoms with Crippen molar-refractivity contribution in [1.82, 2.24) is 0 Å². The summed E-state index contributed by atoms with van der Waals surface area (Å²) in [7, 11) is 0. The maximum absolute atomic E-state index is 15.4. The molecule has 0 N–H and O–H groups in total. The summed E-state index contributed by atoms with van der Waals surface area (Å²) in [6.07, 6.45) is 1.26. The zero-order valence-corrected chi connectivity index (χ0v) is 25.0. The lowest BCUT2D eigenvalue weighted by atomic mass is 9.88. The predicted octanol–water partition coefficient (Wildman–Crippen LogP) is 9.35. The number of benzene rings is 4. The molecular weight excluding hydrogens is 543 g/mol. The van der Waals surface area contributed by atoms with E-state index in [-0.39, 0.29) is 30.2 Å². The van der Waals surface area contributed by atoms with Gasteiger partial charge in [-0.1, -0.05) is 85.8 Å². The van der Waals surface area contributed by atoms with Crippen LogP contribution in [-0.2, 0) is 33.8 Å². The maximum Gasteiger partial charge on any atom is 0.127 e. The van der Waals surface area contributed by atoms with Crippen LogP contribution in [0.4, 0.5) is 4.39 Å². The highest BCUT2D eigenvalue weighted by atomic mass is 32.1. The Labute approximate surface area is 251 Å². The average molecular weight is 581 g/mol. The third kappa shape index (κ3) is 6.66. The third-order valence-electron chi connectivity index (χ3n) is 8.13. The smallest absolute Gasteiger partial charge is 0.127 e. The number of ether oxygens (including phenoxy) is 3. The molecule has 216 valence electrons. The van der Waals surface area contributed by atoms with E-state index in [1.54, 1.807) is 17.4 Å². The third-order valence-corrected chi connectivity index (χ3v) is 9.25. The molecule has 1 aliphatic rings. The van der Waals surface area contributed by atoms with Crippen LogP contribution in [0.2, 0.25) is 0 Å². The van der Waals surface area contributed by atoms with Crippen LogP contribution in [0.15, 0.2) is 103 Å². The Morgan fingerprint density at radius 2 is 1.50 bits per heavy atom. The highest BCUT2D eigenvalue weighted by Crippen LogP contribution is 2.40. The highest BCUT2D eigenvalue weighted by molar-refractivity contribution is 7.19. The molecule has 0 bridgehead atoms. The van der Waals surface area contributed by atoms with Crippen molar-refractivity contribution in [2.75, 3.05) is 0 Å². The normalized spacial score (nSPS) is 20.6. The number of hydrogen-bond donors (Lipinski definition) is 0. The van der Waals surface area contributed by atoms with E-state index in [1.807, 2.05) is 61.5 Å². The monoisotopic (exact) mass is 580 g/mol. The minimum atomic E-state index is -0.380. The number of thiophene rings is 1. The SMILES string of the molecule is CC[C@@H]1C[C@H](OCc2ccccc2)[C@@H](OCc2ccccc2)[C@H](c2cc(Cc3cc4ccccc4s3)c(F)cc2C)O1. The van der Waals surface area contributed by atoms with Crippen molar-refractivity contribution >= 4 is 21.4 Å². The Balaban J connectivity index is 1.32. The standard InChI is InChI=1S/C37H37FO3S/c1-3-30-22-34(39-23-26-12-6-4-7-13-26)37(40-24-27-14-8-5-9-15-27)36(41-30)32-21-29(33(38)18-25(32)2)20-31-19-28-16-10-11-17-35(28)42-31/h4-19,21,30,34,36-37H,3,20,22-24H2,1-2H3/t30-,34+,36+,37-/m1/s1. The van der Waals surface area contributed by atoms with Crippen molar-refractivity contribution in [3.8, 4) is 0 Å². The van der Waals surface area contributed by atoms with Gasteiger partial charge in [-0.3, -0.25) is 0 Å². The molecular formula is C37H37FO3S. The molecule has 1 aromatic heterocycles. The van der Waals surface area contributed by atoms with Crippen molar-refractivity contribution in [1.29, 1.82) is 0 Å². The first-order valence-electron chi connectivity index (χ1n) is 14.8. The van der Waals surface area contributed by atoms with E-state index in [1.165, 1.54) is 10.1 Å². The minimum Gasteiger partial charge on any atom is -0.371 e. The lowest BCUT2D eigenvalue weighted by molar-refractivity contribution is -0.211. The van der Waals surface area contributed by atoms with Crippen molar-refractivity contribution in [2.24, 2.45) is 0 Å². The molecule has 1 aliphatic heterocycles. The lowest BCUT2D eigenvalue weighted by Crippen LogP contribution is -2.46. The molecule has 5 aromatic rings.